The number of hydrogen-bond donors (Lipinski definition) is 1. The summed E-state index contributed by atoms with van der Waals surface area (Å²) in [6.45, 7) is 5.74. The number of nitrogens with zero attached hydrogens (tertiary/aromatic N) is 3. The summed E-state index contributed by atoms with van der Waals surface area (Å²) in [5, 5.41) is 1.54. The van der Waals surface area contributed by atoms with E-state index in [-0.39, 0.29) is 0 Å². The standard InChI is InChI=1S/C19H18N4OS/c1-3-23(4-2)19(25)24-12-9-10-15-16(11-12)20-17-13-7-5-6-8-14(13)21-18(17)22-15/h5-11H,3-4H2,1-2H3,(H,21,22). The number of aromatic nitrogens is 3. The quantitative estimate of drug-likeness (QED) is 0.559. The van der Waals surface area contributed by atoms with Gasteiger partial charge in [0.25, 0.3) is 5.17 Å². The lowest BCUT2D eigenvalue weighted by molar-refractivity contribution is 0.379. The summed E-state index contributed by atoms with van der Waals surface area (Å²) in [5.41, 5.74) is 4.30. The topological polar surface area (TPSA) is 54.0 Å². The summed E-state index contributed by atoms with van der Waals surface area (Å²) in [4.78, 5) is 14.8. The average molecular weight is 350 g/mol. The van der Waals surface area contributed by atoms with Crippen LogP contribution in [-0.2, 0) is 0 Å². The molecular formula is C19H18N4OS. The lowest BCUT2D eigenvalue weighted by Gasteiger charge is -2.21. The number of thiocarbonyl (C=S) groups is 1. The predicted molar refractivity (Wildman–Crippen MR) is 105 cm³/mol. The predicted octanol–water partition coefficient (Wildman–Crippen LogP) is 4.27. The Bertz CT molecular complexity index is 1080. The van der Waals surface area contributed by atoms with Crippen LogP contribution in [0.5, 0.6) is 5.75 Å². The maximum atomic E-state index is 5.83. The number of ether oxygens (including phenoxy) is 1. The van der Waals surface area contributed by atoms with Crippen molar-refractivity contribution in [2.24, 2.45) is 0 Å². The Morgan fingerprint density at radius 1 is 1.08 bits per heavy atom. The van der Waals surface area contributed by atoms with Gasteiger partial charge in [-0.1, -0.05) is 18.2 Å². The van der Waals surface area contributed by atoms with E-state index >= 15 is 0 Å². The van der Waals surface area contributed by atoms with E-state index in [1.165, 1.54) is 0 Å². The zero-order valence-electron chi connectivity index (χ0n) is 14.1. The van der Waals surface area contributed by atoms with Crippen molar-refractivity contribution in [2.75, 3.05) is 13.1 Å². The summed E-state index contributed by atoms with van der Waals surface area (Å²) >= 11 is 5.37. The van der Waals surface area contributed by atoms with Gasteiger partial charge in [0.05, 0.1) is 11.0 Å². The summed E-state index contributed by atoms with van der Waals surface area (Å²) in [7, 11) is 0. The molecule has 0 bridgehead atoms. The van der Waals surface area contributed by atoms with Crippen molar-refractivity contribution >= 4 is 50.5 Å². The number of rotatable bonds is 3. The largest absolute Gasteiger partial charge is 0.432 e. The Morgan fingerprint density at radius 2 is 1.88 bits per heavy atom. The first-order chi connectivity index (χ1) is 12.2. The van der Waals surface area contributed by atoms with E-state index in [1.807, 2.05) is 47.4 Å². The second kappa shape index (κ2) is 6.29. The van der Waals surface area contributed by atoms with E-state index in [0.717, 1.165) is 46.2 Å². The van der Waals surface area contributed by atoms with Crippen LogP contribution in [0, 0.1) is 0 Å². The first kappa shape index (κ1) is 15.8. The second-order valence-corrected chi connectivity index (χ2v) is 6.13. The molecule has 0 radical (unpaired) electrons. The Morgan fingerprint density at radius 3 is 2.68 bits per heavy atom. The number of aromatic amines is 1. The molecule has 1 N–H and O–H groups in total. The molecule has 4 rings (SSSR count). The van der Waals surface area contributed by atoms with Gasteiger partial charge in [0.15, 0.2) is 5.65 Å². The number of H-pyrrole nitrogens is 1. The van der Waals surface area contributed by atoms with Crippen LogP contribution in [0.15, 0.2) is 42.5 Å². The molecule has 2 aromatic carbocycles. The maximum absolute atomic E-state index is 5.83. The summed E-state index contributed by atoms with van der Waals surface area (Å²) in [5.74, 6) is 0.679. The molecule has 0 atom stereocenters. The highest BCUT2D eigenvalue weighted by molar-refractivity contribution is 7.80. The van der Waals surface area contributed by atoms with Crippen LogP contribution in [0.4, 0.5) is 0 Å². The van der Waals surface area contributed by atoms with Crippen molar-refractivity contribution in [3.05, 3.63) is 42.5 Å². The molecule has 2 heterocycles. The molecule has 0 fully saturated rings. The molecule has 0 aliphatic rings. The van der Waals surface area contributed by atoms with Crippen molar-refractivity contribution < 1.29 is 4.74 Å². The third kappa shape index (κ3) is 2.78. The molecule has 126 valence electrons. The van der Waals surface area contributed by atoms with Gasteiger partial charge in [0.2, 0.25) is 0 Å². The van der Waals surface area contributed by atoms with Gasteiger partial charge in [-0.3, -0.25) is 0 Å². The number of hydrogen-bond acceptors (Lipinski definition) is 4. The highest BCUT2D eigenvalue weighted by Gasteiger charge is 2.11. The fraction of sp³-hybridized carbons (Fsp3) is 0.211. The Labute approximate surface area is 150 Å². The SMILES string of the molecule is CCN(CC)C(=S)Oc1ccc2nc3[nH]c4ccccc4c3nc2c1. The van der Waals surface area contributed by atoms with E-state index in [2.05, 4.69) is 23.8 Å². The normalized spacial score (nSPS) is 11.3. The van der Waals surface area contributed by atoms with Gasteiger partial charge >= 0.3 is 0 Å². The zero-order valence-corrected chi connectivity index (χ0v) is 14.9. The van der Waals surface area contributed by atoms with Crippen LogP contribution in [0.3, 0.4) is 0 Å². The molecule has 0 unspecified atom stereocenters. The average Bonchev–Trinajstić information content (AvgIpc) is 2.98. The number of nitrogens with one attached hydrogen (secondary N) is 1. The smallest absolute Gasteiger partial charge is 0.264 e. The van der Waals surface area contributed by atoms with Crippen molar-refractivity contribution in [3.63, 3.8) is 0 Å². The minimum atomic E-state index is 0.477. The molecule has 2 aromatic heterocycles. The second-order valence-electron chi connectivity index (χ2n) is 5.78. The molecule has 6 heteroatoms. The lowest BCUT2D eigenvalue weighted by Crippen LogP contribution is -2.32. The maximum Gasteiger partial charge on any atom is 0.264 e. The first-order valence-electron chi connectivity index (χ1n) is 8.34. The van der Waals surface area contributed by atoms with Crippen LogP contribution < -0.4 is 4.74 Å². The van der Waals surface area contributed by atoms with E-state index in [9.17, 15) is 0 Å². The summed E-state index contributed by atoms with van der Waals surface area (Å²) < 4.78 is 5.83. The third-order valence-electron chi connectivity index (χ3n) is 4.30. The monoisotopic (exact) mass is 350 g/mol. The fourth-order valence-electron chi connectivity index (χ4n) is 2.95. The van der Waals surface area contributed by atoms with Crippen molar-refractivity contribution in [2.45, 2.75) is 13.8 Å². The minimum absolute atomic E-state index is 0.477. The molecule has 5 nitrogen and oxygen atoms in total. The van der Waals surface area contributed by atoms with Gasteiger partial charge in [-0.05, 0) is 44.3 Å². The molecular weight excluding hydrogens is 332 g/mol. The fourth-order valence-corrected chi connectivity index (χ4v) is 3.30. The number of benzene rings is 2. The van der Waals surface area contributed by atoms with Crippen LogP contribution in [-0.4, -0.2) is 38.1 Å². The number of fused-ring (bicyclic) bond motifs is 4. The molecule has 0 saturated heterocycles. The molecule has 0 spiro atoms. The molecule has 0 amide bonds. The van der Waals surface area contributed by atoms with E-state index in [1.54, 1.807) is 0 Å². The van der Waals surface area contributed by atoms with Crippen LogP contribution in [0.1, 0.15) is 13.8 Å². The van der Waals surface area contributed by atoms with Gasteiger partial charge < -0.3 is 14.6 Å². The summed E-state index contributed by atoms with van der Waals surface area (Å²) in [6.07, 6.45) is 0. The van der Waals surface area contributed by atoms with Gasteiger partial charge in [0, 0.05) is 30.1 Å². The Kier molecular flexibility index (Phi) is 3.97. The highest BCUT2D eigenvalue weighted by Crippen LogP contribution is 2.26. The molecule has 25 heavy (non-hydrogen) atoms. The van der Waals surface area contributed by atoms with Crippen LogP contribution >= 0.6 is 12.2 Å². The van der Waals surface area contributed by atoms with Crippen LogP contribution in [0.25, 0.3) is 33.1 Å². The molecule has 0 saturated carbocycles. The summed E-state index contributed by atoms with van der Waals surface area (Å²) in [6, 6.07) is 13.8. The minimum Gasteiger partial charge on any atom is -0.432 e. The highest BCUT2D eigenvalue weighted by atomic mass is 32.1. The zero-order chi connectivity index (χ0) is 17.4. The van der Waals surface area contributed by atoms with Gasteiger partial charge in [-0.25, -0.2) is 9.97 Å². The van der Waals surface area contributed by atoms with E-state index in [0.29, 0.717) is 10.9 Å². The van der Waals surface area contributed by atoms with Gasteiger partial charge in [-0.15, -0.1) is 0 Å². The van der Waals surface area contributed by atoms with Crippen LogP contribution in [0.2, 0.25) is 0 Å². The van der Waals surface area contributed by atoms with E-state index in [4.69, 9.17) is 21.9 Å². The van der Waals surface area contributed by atoms with E-state index < -0.39 is 0 Å². The number of para-hydroxylation sites is 1. The Balaban J connectivity index is 1.78. The van der Waals surface area contributed by atoms with Gasteiger partial charge in [-0.2, -0.15) is 0 Å². The first-order valence-corrected chi connectivity index (χ1v) is 8.75. The van der Waals surface area contributed by atoms with Crippen molar-refractivity contribution in [1.29, 1.82) is 0 Å². The van der Waals surface area contributed by atoms with Crippen molar-refractivity contribution in [1.82, 2.24) is 19.9 Å². The Hall–Kier alpha value is -2.73. The van der Waals surface area contributed by atoms with Gasteiger partial charge in [0.1, 0.15) is 11.3 Å². The van der Waals surface area contributed by atoms with Crippen molar-refractivity contribution in [3.8, 4) is 5.75 Å². The molecule has 4 aromatic rings. The molecule has 0 aliphatic carbocycles. The molecule has 0 aliphatic heterocycles. The lowest BCUT2D eigenvalue weighted by atomic mass is 10.2. The third-order valence-corrected chi connectivity index (χ3v) is 4.64.